The number of H-pyrrole nitrogens is 1. The van der Waals surface area contributed by atoms with Crippen LogP contribution < -0.4 is 5.32 Å². The molecule has 0 saturated carbocycles. The Morgan fingerprint density at radius 3 is 2.88 bits per heavy atom. The first-order valence-corrected chi connectivity index (χ1v) is 5.05. The van der Waals surface area contributed by atoms with Crippen LogP contribution in [0, 0.1) is 0 Å². The second-order valence-electron chi connectivity index (χ2n) is 2.91. The number of halogens is 2. The van der Waals surface area contributed by atoms with Gasteiger partial charge in [-0.05, 0) is 12.1 Å². The van der Waals surface area contributed by atoms with Gasteiger partial charge in [-0.3, -0.25) is 4.79 Å². The monoisotopic (exact) mass is 256 g/mol. The smallest absolute Gasteiger partial charge is 0.277 e. The standard InChI is InChI=1S/C9H6Cl2N4O/c10-5-2-1-3-6(8(5)11)13-9(16)7-4-12-15-14-7/h1-4H,(H,13,16)(H,12,14,15). The van der Waals surface area contributed by atoms with E-state index in [-0.39, 0.29) is 5.69 Å². The first-order valence-electron chi connectivity index (χ1n) is 4.29. The zero-order valence-corrected chi connectivity index (χ0v) is 9.38. The molecule has 2 N–H and O–H groups in total. The summed E-state index contributed by atoms with van der Waals surface area (Å²) in [5, 5.41) is 12.8. The Kier molecular flexibility index (Phi) is 3.07. The summed E-state index contributed by atoms with van der Waals surface area (Å²) in [4.78, 5) is 11.6. The molecule has 16 heavy (non-hydrogen) atoms. The van der Waals surface area contributed by atoms with Gasteiger partial charge in [0.25, 0.3) is 5.91 Å². The van der Waals surface area contributed by atoms with E-state index < -0.39 is 5.91 Å². The molecule has 0 spiro atoms. The number of aromatic nitrogens is 3. The predicted octanol–water partition coefficient (Wildman–Crippen LogP) is 2.36. The molecule has 1 aromatic heterocycles. The van der Waals surface area contributed by atoms with Crippen molar-refractivity contribution in [3.8, 4) is 0 Å². The summed E-state index contributed by atoms with van der Waals surface area (Å²) in [6.07, 6.45) is 1.31. The molecule has 1 amide bonds. The van der Waals surface area contributed by atoms with Gasteiger partial charge in [0.2, 0.25) is 0 Å². The van der Waals surface area contributed by atoms with Gasteiger partial charge in [-0.25, -0.2) is 0 Å². The van der Waals surface area contributed by atoms with Crippen LogP contribution in [0.3, 0.4) is 0 Å². The molecule has 5 nitrogen and oxygen atoms in total. The van der Waals surface area contributed by atoms with Crippen molar-refractivity contribution in [3.63, 3.8) is 0 Å². The number of rotatable bonds is 2. The van der Waals surface area contributed by atoms with E-state index in [0.29, 0.717) is 15.7 Å². The number of nitrogens with zero attached hydrogens (tertiary/aromatic N) is 2. The molecule has 0 fully saturated rings. The van der Waals surface area contributed by atoms with E-state index in [0.717, 1.165) is 0 Å². The molecular weight excluding hydrogens is 251 g/mol. The topological polar surface area (TPSA) is 70.7 Å². The molecule has 0 aliphatic carbocycles. The Morgan fingerprint density at radius 1 is 1.38 bits per heavy atom. The molecule has 0 radical (unpaired) electrons. The average molecular weight is 257 g/mol. The molecule has 2 rings (SSSR count). The average Bonchev–Trinajstić information content (AvgIpc) is 2.78. The second kappa shape index (κ2) is 4.51. The van der Waals surface area contributed by atoms with Crippen LogP contribution in [-0.4, -0.2) is 21.3 Å². The third-order valence-electron chi connectivity index (χ3n) is 1.85. The lowest BCUT2D eigenvalue weighted by Gasteiger charge is -2.05. The van der Waals surface area contributed by atoms with Crippen molar-refractivity contribution in [1.29, 1.82) is 0 Å². The van der Waals surface area contributed by atoms with Gasteiger partial charge in [0.15, 0.2) is 5.69 Å². The third kappa shape index (κ3) is 2.15. The molecule has 0 unspecified atom stereocenters. The Bertz CT molecular complexity index is 512. The highest BCUT2D eigenvalue weighted by Gasteiger charge is 2.11. The molecule has 0 atom stereocenters. The number of carbonyl (C=O) groups excluding carboxylic acids is 1. The summed E-state index contributed by atoms with van der Waals surface area (Å²) in [6.45, 7) is 0. The maximum Gasteiger partial charge on any atom is 0.277 e. The molecule has 0 bridgehead atoms. The lowest BCUT2D eigenvalue weighted by atomic mass is 10.3. The van der Waals surface area contributed by atoms with Crippen LogP contribution in [0.1, 0.15) is 10.5 Å². The maximum atomic E-state index is 11.6. The Labute approximate surface area is 101 Å². The summed E-state index contributed by atoms with van der Waals surface area (Å²) in [7, 11) is 0. The predicted molar refractivity (Wildman–Crippen MR) is 60.8 cm³/mol. The molecule has 0 saturated heterocycles. The van der Waals surface area contributed by atoms with Crippen molar-refractivity contribution < 1.29 is 4.79 Å². The first kappa shape index (κ1) is 10.9. The number of hydrogen-bond acceptors (Lipinski definition) is 3. The van der Waals surface area contributed by atoms with E-state index in [1.54, 1.807) is 18.2 Å². The van der Waals surface area contributed by atoms with E-state index in [9.17, 15) is 4.79 Å². The summed E-state index contributed by atoms with van der Waals surface area (Å²) in [6, 6.07) is 4.97. The minimum Gasteiger partial charge on any atom is -0.319 e. The first-order chi connectivity index (χ1) is 7.68. The van der Waals surface area contributed by atoms with Crippen LogP contribution in [-0.2, 0) is 0 Å². The molecule has 1 heterocycles. The van der Waals surface area contributed by atoms with Gasteiger partial charge in [-0.2, -0.15) is 15.4 Å². The number of amides is 1. The highest BCUT2D eigenvalue weighted by Crippen LogP contribution is 2.29. The molecule has 82 valence electrons. The maximum absolute atomic E-state index is 11.6. The largest absolute Gasteiger partial charge is 0.319 e. The molecule has 2 aromatic rings. The van der Waals surface area contributed by atoms with E-state index in [4.69, 9.17) is 23.2 Å². The second-order valence-corrected chi connectivity index (χ2v) is 3.70. The number of benzene rings is 1. The van der Waals surface area contributed by atoms with E-state index in [1.165, 1.54) is 6.20 Å². The van der Waals surface area contributed by atoms with Crippen LogP contribution in [0.2, 0.25) is 10.0 Å². The molecular formula is C9H6Cl2N4O. The van der Waals surface area contributed by atoms with Crippen LogP contribution in [0.15, 0.2) is 24.4 Å². The highest BCUT2D eigenvalue weighted by atomic mass is 35.5. The van der Waals surface area contributed by atoms with Gasteiger partial charge in [0.1, 0.15) is 0 Å². The number of hydrogen-bond donors (Lipinski definition) is 2. The number of anilines is 1. The summed E-state index contributed by atoms with van der Waals surface area (Å²) < 4.78 is 0. The lowest BCUT2D eigenvalue weighted by Crippen LogP contribution is -2.12. The SMILES string of the molecule is O=C(Nc1cccc(Cl)c1Cl)c1cn[nH]n1. The summed E-state index contributed by atoms with van der Waals surface area (Å²) in [5.41, 5.74) is 0.609. The van der Waals surface area contributed by atoms with Gasteiger partial charge in [-0.15, -0.1) is 0 Å². The van der Waals surface area contributed by atoms with Gasteiger partial charge in [-0.1, -0.05) is 29.3 Å². The van der Waals surface area contributed by atoms with Crippen LogP contribution in [0.4, 0.5) is 5.69 Å². The van der Waals surface area contributed by atoms with E-state index in [1.807, 2.05) is 0 Å². The van der Waals surface area contributed by atoms with E-state index in [2.05, 4.69) is 20.7 Å². The van der Waals surface area contributed by atoms with E-state index >= 15 is 0 Å². The lowest BCUT2D eigenvalue weighted by molar-refractivity contribution is 0.102. The molecule has 0 aliphatic rings. The number of aromatic amines is 1. The third-order valence-corrected chi connectivity index (χ3v) is 2.67. The quantitative estimate of drug-likeness (QED) is 0.867. The van der Waals surface area contributed by atoms with Gasteiger partial charge < -0.3 is 5.32 Å². The van der Waals surface area contributed by atoms with Gasteiger partial charge in [0.05, 0.1) is 21.9 Å². The van der Waals surface area contributed by atoms with Crippen LogP contribution in [0.25, 0.3) is 0 Å². The fourth-order valence-corrected chi connectivity index (χ4v) is 1.45. The Morgan fingerprint density at radius 2 is 2.19 bits per heavy atom. The molecule has 1 aromatic carbocycles. The van der Waals surface area contributed by atoms with Crippen molar-refractivity contribution in [2.75, 3.05) is 5.32 Å². The Hall–Kier alpha value is -1.59. The van der Waals surface area contributed by atoms with Crippen molar-refractivity contribution in [2.24, 2.45) is 0 Å². The van der Waals surface area contributed by atoms with Gasteiger partial charge >= 0.3 is 0 Å². The number of nitrogens with one attached hydrogen (secondary N) is 2. The summed E-state index contributed by atoms with van der Waals surface area (Å²) >= 11 is 11.7. The minimum atomic E-state index is -0.405. The highest BCUT2D eigenvalue weighted by molar-refractivity contribution is 6.44. The number of carbonyl (C=O) groups is 1. The van der Waals surface area contributed by atoms with Crippen molar-refractivity contribution >= 4 is 34.8 Å². The zero-order chi connectivity index (χ0) is 11.5. The molecule has 0 aliphatic heterocycles. The summed E-state index contributed by atoms with van der Waals surface area (Å²) in [5.74, 6) is -0.405. The van der Waals surface area contributed by atoms with Crippen LogP contribution >= 0.6 is 23.2 Å². The molecule has 7 heteroatoms. The normalized spacial score (nSPS) is 10.1. The van der Waals surface area contributed by atoms with Gasteiger partial charge in [0, 0.05) is 0 Å². The fourth-order valence-electron chi connectivity index (χ4n) is 1.10. The van der Waals surface area contributed by atoms with Crippen molar-refractivity contribution in [3.05, 3.63) is 40.1 Å². The van der Waals surface area contributed by atoms with Crippen LogP contribution in [0.5, 0.6) is 0 Å². The van der Waals surface area contributed by atoms with Crippen molar-refractivity contribution in [2.45, 2.75) is 0 Å². The fraction of sp³-hybridized carbons (Fsp3) is 0. The zero-order valence-electron chi connectivity index (χ0n) is 7.87. The Balaban J connectivity index is 2.22. The minimum absolute atomic E-state index is 0.177. The van der Waals surface area contributed by atoms with Crippen molar-refractivity contribution in [1.82, 2.24) is 15.4 Å².